The molecule has 2 aliphatic heterocycles. The van der Waals surface area contributed by atoms with Crippen LogP contribution >= 0.6 is 0 Å². The minimum absolute atomic E-state index is 0.0263. The highest BCUT2D eigenvalue weighted by molar-refractivity contribution is 5.91. The van der Waals surface area contributed by atoms with Gasteiger partial charge in [-0.15, -0.1) is 19.8 Å². The number of nitrogens with two attached hydrogens (primary N) is 2. The summed E-state index contributed by atoms with van der Waals surface area (Å²) >= 11 is 0. The summed E-state index contributed by atoms with van der Waals surface area (Å²) in [4.78, 5) is 100. The molecule has 0 aromatic carbocycles. The Morgan fingerprint density at radius 1 is 0.667 bits per heavy atom. The van der Waals surface area contributed by atoms with E-state index in [4.69, 9.17) is 30.8 Å². The molecular weight excluding hydrogens is 636 g/mol. The van der Waals surface area contributed by atoms with E-state index in [1.54, 1.807) is 10.1 Å². The summed E-state index contributed by atoms with van der Waals surface area (Å²) in [7, 11) is 0. The molecular formula is C30H52N6O12+2. The standard InChI is InChI=1S/C30H52N6O12/c1-29(2,31)15-7-27(39)45-33-17-9-23(10-18-33)13-21-43-35(41)47-25(37)5-6-26(38)48-36(42)44-22-14-24-11-19-34(20-12-24)46-28(40)8-16-30(3,4)32/h5-6,23-24H,7-22,31-32H2,1-4H3/q+2/b6-5+. The highest BCUT2D eigenvalue weighted by Gasteiger charge is 2.27. The van der Waals surface area contributed by atoms with Crippen LogP contribution in [0, 0.1) is 21.6 Å². The number of nitrogens with zero attached hydrogens (tertiary/aromatic N) is 4. The van der Waals surface area contributed by atoms with Gasteiger partial charge in [0.1, 0.15) is 9.81 Å². The van der Waals surface area contributed by atoms with Crippen molar-refractivity contribution in [1.82, 2.24) is 10.1 Å². The van der Waals surface area contributed by atoms with Crippen molar-refractivity contribution in [3.8, 4) is 0 Å². The zero-order chi connectivity index (χ0) is 35.7. The van der Waals surface area contributed by atoms with Gasteiger partial charge >= 0.3 is 34.1 Å². The predicted octanol–water partition coefficient (Wildman–Crippen LogP) is 2.04. The van der Waals surface area contributed by atoms with Crippen molar-refractivity contribution < 1.29 is 58.4 Å². The lowest BCUT2D eigenvalue weighted by molar-refractivity contribution is -0.963. The molecule has 0 spiro atoms. The number of hydroxylamine groups is 4. The minimum atomic E-state index is -1.23. The minimum Gasteiger partial charge on any atom is -0.368 e. The summed E-state index contributed by atoms with van der Waals surface area (Å²) in [6.45, 7) is 9.49. The van der Waals surface area contributed by atoms with E-state index in [-0.39, 0.29) is 60.0 Å². The van der Waals surface area contributed by atoms with Crippen molar-refractivity contribution in [2.45, 2.75) is 103 Å². The van der Waals surface area contributed by atoms with Crippen molar-refractivity contribution in [2.24, 2.45) is 23.3 Å². The molecule has 0 atom stereocenters. The van der Waals surface area contributed by atoms with Gasteiger partial charge in [0.15, 0.2) is 13.2 Å². The first-order valence-electron chi connectivity index (χ1n) is 16.3. The average Bonchev–Trinajstić information content (AvgIpc) is 2.99. The zero-order valence-electron chi connectivity index (χ0n) is 28.5. The van der Waals surface area contributed by atoms with Gasteiger partial charge in [-0.3, -0.25) is 9.59 Å². The Morgan fingerprint density at radius 3 is 1.31 bits per heavy atom. The van der Waals surface area contributed by atoms with E-state index < -0.39 is 23.0 Å². The van der Waals surface area contributed by atoms with Gasteiger partial charge in [-0.1, -0.05) is 0 Å². The maximum absolute atomic E-state index is 12.0. The van der Waals surface area contributed by atoms with Crippen LogP contribution in [0.3, 0.4) is 0 Å². The molecule has 18 nitrogen and oxygen atoms in total. The van der Waals surface area contributed by atoms with Crippen molar-refractivity contribution >= 4 is 23.9 Å². The lowest BCUT2D eigenvalue weighted by Crippen LogP contribution is -2.37. The molecule has 0 amide bonds. The number of piperidine rings is 2. The van der Waals surface area contributed by atoms with Crippen LogP contribution in [0.5, 0.6) is 0 Å². The summed E-state index contributed by atoms with van der Waals surface area (Å²) in [6, 6.07) is 0. The van der Waals surface area contributed by atoms with Gasteiger partial charge in [0.2, 0.25) is 0 Å². The second-order valence-corrected chi connectivity index (χ2v) is 13.5. The van der Waals surface area contributed by atoms with Crippen LogP contribution in [0.1, 0.15) is 91.9 Å². The molecule has 2 heterocycles. The van der Waals surface area contributed by atoms with Crippen LogP contribution in [0.2, 0.25) is 0 Å². The second-order valence-electron chi connectivity index (χ2n) is 13.5. The molecule has 272 valence electrons. The van der Waals surface area contributed by atoms with Crippen molar-refractivity contribution in [2.75, 3.05) is 39.4 Å². The Morgan fingerprint density at radius 2 is 1.00 bits per heavy atom. The third-order valence-corrected chi connectivity index (χ3v) is 7.69. The first kappa shape index (κ1) is 40.4. The number of rotatable bonds is 20. The highest BCUT2D eigenvalue weighted by atomic mass is 17.0. The van der Waals surface area contributed by atoms with E-state index in [0.29, 0.717) is 64.0 Å². The Balaban J connectivity index is 1.51. The van der Waals surface area contributed by atoms with Crippen LogP contribution in [0.25, 0.3) is 0 Å². The maximum atomic E-state index is 12.0. The molecule has 2 fully saturated rings. The van der Waals surface area contributed by atoms with Gasteiger partial charge in [0, 0.05) is 62.3 Å². The van der Waals surface area contributed by atoms with Crippen molar-refractivity contribution in [3.63, 3.8) is 0 Å². The maximum Gasteiger partial charge on any atom is 0.486 e. The fourth-order valence-electron chi connectivity index (χ4n) is 4.79. The molecule has 2 saturated heterocycles. The second kappa shape index (κ2) is 19.9. The van der Waals surface area contributed by atoms with Crippen molar-refractivity contribution in [1.29, 1.82) is 0 Å². The smallest absolute Gasteiger partial charge is 0.368 e. The molecule has 18 heteroatoms. The number of hydrogen-bond acceptors (Lipinski definition) is 16. The molecule has 0 unspecified atom stereocenters. The summed E-state index contributed by atoms with van der Waals surface area (Å²) in [5.74, 6) is -2.69. The van der Waals surface area contributed by atoms with Gasteiger partial charge in [-0.25, -0.2) is 9.59 Å². The quantitative estimate of drug-likeness (QED) is 0.138. The molecule has 0 radical (unpaired) electrons. The van der Waals surface area contributed by atoms with E-state index in [1.165, 1.54) is 0 Å². The normalized spacial score (nSPS) is 17.0. The number of hydrogen-bond donors (Lipinski definition) is 2. The average molecular weight is 689 g/mol. The Hall–Kier alpha value is -3.74. The van der Waals surface area contributed by atoms with Crippen LogP contribution < -0.4 is 11.5 Å². The Kier molecular flexibility index (Phi) is 16.8. The highest BCUT2D eigenvalue weighted by Crippen LogP contribution is 2.22. The monoisotopic (exact) mass is 688 g/mol. The molecule has 0 bridgehead atoms. The molecule has 0 aromatic heterocycles. The number of carbonyl (C=O) groups excluding carboxylic acids is 4. The van der Waals surface area contributed by atoms with E-state index in [2.05, 4.69) is 9.68 Å². The van der Waals surface area contributed by atoms with Gasteiger partial charge in [0.25, 0.3) is 0 Å². The van der Waals surface area contributed by atoms with Crippen LogP contribution in [0.15, 0.2) is 12.2 Å². The third-order valence-electron chi connectivity index (χ3n) is 7.69. The van der Waals surface area contributed by atoms with Gasteiger partial charge in [0.05, 0.1) is 0 Å². The molecule has 48 heavy (non-hydrogen) atoms. The third kappa shape index (κ3) is 19.2. The molecule has 2 rings (SSSR count). The molecule has 0 saturated carbocycles. The lowest BCUT2D eigenvalue weighted by Gasteiger charge is -2.30. The van der Waals surface area contributed by atoms with E-state index in [0.717, 1.165) is 25.7 Å². The van der Waals surface area contributed by atoms with Gasteiger partial charge in [-0.05, 0) is 90.9 Å². The largest absolute Gasteiger partial charge is 0.486 e. The van der Waals surface area contributed by atoms with Gasteiger partial charge in [-0.2, -0.15) is 9.68 Å². The molecule has 4 N–H and O–H groups in total. The number of carbonyl (C=O) groups is 4. The fraction of sp³-hybridized carbons (Fsp3) is 0.800. The summed E-state index contributed by atoms with van der Waals surface area (Å²) < 4.78 is 0. The molecule has 0 aliphatic carbocycles. The van der Waals surface area contributed by atoms with Crippen LogP contribution in [0.4, 0.5) is 0 Å². The van der Waals surface area contributed by atoms with E-state index >= 15 is 0 Å². The zero-order valence-corrected chi connectivity index (χ0v) is 28.5. The van der Waals surface area contributed by atoms with E-state index in [1.807, 2.05) is 27.7 Å². The summed E-state index contributed by atoms with van der Waals surface area (Å²) in [5, 5.41) is 2.49. The SMILES string of the molecule is CC(C)(N)CCC(=O)ON1CCC(CCO[N+](=O)OC(=O)/C=C/C(=O)O[N+](=O)OCCC2CCN(OC(=O)CCC(C)(C)N)CC2)CC1. The fourth-order valence-corrected chi connectivity index (χ4v) is 4.79. The Labute approximate surface area is 280 Å². The summed E-state index contributed by atoms with van der Waals surface area (Å²) in [5.41, 5.74) is 10.9. The summed E-state index contributed by atoms with van der Waals surface area (Å²) in [6.07, 6.45) is 6.57. The first-order chi connectivity index (χ1) is 22.5. The molecule has 2 aliphatic rings. The molecule has 0 aromatic rings. The van der Waals surface area contributed by atoms with Crippen LogP contribution in [-0.2, 0) is 48.2 Å². The first-order valence-corrected chi connectivity index (χ1v) is 16.3. The van der Waals surface area contributed by atoms with Crippen molar-refractivity contribution in [3.05, 3.63) is 22.0 Å². The van der Waals surface area contributed by atoms with Crippen LogP contribution in [-0.4, -0.2) is 94.6 Å². The van der Waals surface area contributed by atoms with E-state index in [9.17, 15) is 29.0 Å². The lowest BCUT2D eigenvalue weighted by atomic mass is 9.95. The Bertz CT molecular complexity index is 1030. The van der Waals surface area contributed by atoms with Gasteiger partial charge < -0.3 is 21.1 Å². The topological polar surface area (TPSA) is 222 Å². The predicted molar refractivity (Wildman–Crippen MR) is 165 cm³/mol.